The first-order valence-corrected chi connectivity index (χ1v) is 9.88. The summed E-state index contributed by atoms with van der Waals surface area (Å²) in [6.07, 6.45) is 1.52. The Balaban J connectivity index is 1.60. The number of halogens is 1. The van der Waals surface area contributed by atoms with Gasteiger partial charge >= 0.3 is 0 Å². The maximum absolute atomic E-state index is 13.5. The second-order valence-electron chi connectivity index (χ2n) is 6.31. The van der Waals surface area contributed by atoms with Gasteiger partial charge < -0.3 is 15.1 Å². The van der Waals surface area contributed by atoms with E-state index in [1.807, 2.05) is 0 Å². The molecule has 3 aromatic rings. The molecule has 3 N–H and O–H groups in total. The van der Waals surface area contributed by atoms with Gasteiger partial charge in [-0.3, -0.25) is 4.72 Å². The van der Waals surface area contributed by atoms with Crippen LogP contribution in [-0.2, 0) is 10.0 Å². The molecule has 7 nitrogen and oxygen atoms in total. The SMILES string of the molecule is Cc1ccc(F)cc1S(=O)(=O)Nc1ccc(N2CN=c3occc3=C2N)cc1. The molecule has 2 aromatic carbocycles. The van der Waals surface area contributed by atoms with E-state index in [2.05, 4.69) is 9.71 Å². The van der Waals surface area contributed by atoms with E-state index in [-0.39, 0.29) is 4.90 Å². The molecule has 0 spiro atoms. The molecule has 0 aliphatic carbocycles. The van der Waals surface area contributed by atoms with Gasteiger partial charge in [-0.1, -0.05) is 6.07 Å². The molecule has 2 heterocycles. The topological polar surface area (TPSA) is 101 Å². The van der Waals surface area contributed by atoms with E-state index >= 15 is 0 Å². The summed E-state index contributed by atoms with van der Waals surface area (Å²) in [7, 11) is -3.91. The maximum Gasteiger partial charge on any atom is 0.262 e. The second-order valence-corrected chi connectivity index (χ2v) is 7.97. The van der Waals surface area contributed by atoms with Crippen LogP contribution >= 0.6 is 0 Å². The summed E-state index contributed by atoms with van der Waals surface area (Å²) in [4.78, 5) is 6.00. The molecule has 9 heteroatoms. The third kappa shape index (κ3) is 3.20. The Morgan fingerprint density at radius 3 is 2.68 bits per heavy atom. The van der Waals surface area contributed by atoms with Crippen molar-refractivity contribution < 1.29 is 17.2 Å². The van der Waals surface area contributed by atoms with Crippen molar-refractivity contribution in [3.05, 3.63) is 76.9 Å². The maximum atomic E-state index is 13.5. The quantitative estimate of drug-likeness (QED) is 0.694. The van der Waals surface area contributed by atoms with Crippen LogP contribution in [0, 0.1) is 12.7 Å². The number of nitrogens with one attached hydrogen (secondary N) is 1. The summed E-state index contributed by atoms with van der Waals surface area (Å²) in [5, 5.41) is 0.706. The van der Waals surface area contributed by atoms with Gasteiger partial charge in [-0.2, -0.15) is 0 Å². The molecule has 1 aliphatic rings. The molecule has 0 atom stereocenters. The van der Waals surface area contributed by atoms with Crippen LogP contribution in [0.4, 0.5) is 15.8 Å². The third-order valence-corrected chi connectivity index (χ3v) is 5.96. The fourth-order valence-electron chi connectivity index (χ4n) is 2.98. The first kappa shape index (κ1) is 18.1. The number of sulfonamides is 1. The molecule has 144 valence electrons. The highest BCUT2D eigenvalue weighted by atomic mass is 32.2. The Bertz CT molecular complexity index is 1270. The van der Waals surface area contributed by atoms with E-state index in [9.17, 15) is 12.8 Å². The lowest BCUT2D eigenvalue weighted by Crippen LogP contribution is -2.42. The van der Waals surface area contributed by atoms with Crippen molar-refractivity contribution in [3.8, 4) is 0 Å². The first-order valence-electron chi connectivity index (χ1n) is 8.39. The Morgan fingerprint density at radius 1 is 1.18 bits per heavy atom. The molecule has 0 fully saturated rings. The lowest BCUT2D eigenvalue weighted by atomic mass is 10.2. The van der Waals surface area contributed by atoms with Gasteiger partial charge in [0.05, 0.1) is 16.4 Å². The largest absolute Gasteiger partial charge is 0.446 e. The summed E-state index contributed by atoms with van der Waals surface area (Å²) in [6.45, 7) is 1.90. The van der Waals surface area contributed by atoms with Crippen molar-refractivity contribution in [2.75, 3.05) is 16.3 Å². The lowest BCUT2D eigenvalue weighted by Gasteiger charge is -2.24. The molecule has 1 aliphatic heterocycles. The molecule has 0 bridgehead atoms. The Hall–Kier alpha value is -3.33. The van der Waals surface area contributed by atoms with Crippen molar-refractivity contribution in [2.45, 2.75) is 11.8 Å². The molecule has 0 saturated heterocycles. The van der Waals surface area contributed by atoms with Gasteiger partial charge in [-0.25, -0.2) is 17.8 Å². The molecular formula is C19H17FN4O3S. The van der Waals surface area contributed by atoms with E-state index in [0.29, 0.717) is 34.5 Å². The second kappa shape index (κ2) is 6.68. The molecule has 0 saturated carbocycles. The van der Waals surface area contributed by atoms with Crippen molar-refractivity contribution >= 4 is 27.2 Å². The van der Waals surface area contributed by atoms with Gasteiger partial charge in [0.15, 0.2) is 0 Å². The summed E-state index contributed by atoms with van der Waals surface area (Å²) in [6, 6.07) is 12.1. The molecule has 0 unspecified atom stereocenters. The van der Waals surface area contributed by atoms with E-state index in [1.54, 1.807) is 42.2 Å². The van der Waals surface area contributed by atoms with Crippen LogP contribution in [0.5, 0.6) is 0 Å². The lowest BCUT2D eigenvalue weighted by molar-refractivity contribution is 0.500. The fraction of sp³-hybridized carbons (Fsp3) is 0.105. The van der Waals surface area contributed by atoms with Crippen LogP contribution in [0.1, 0.15) is 5.56 Å². The van der Waals surface area contributed by atoms with Gasteiger partial charge in [-0.15, -0.1) is 0 Å². The zero-order chi connectivity index (χ0) is 19.9. The number of aryl methyl sites for hydroxylation is 1. The van der Waals surface area contributed by atoms with Gasteiger partial charge in [0.2, 0.25) is 5.55 Å². The number of furan rings is 1. The monoisotopic (exact) mass is 400 g/mol. The minimum atomic E-state index is -3.91. The van der Waals surface area contributed by atoms with Crippen LogP contribution in [0.25, 0.3) is 5.82 Å². The Kier molecular flexibility index (Phi) is 4.31. The molecule has 1 aromatic heterocycles. The normalized spacial score (nSPS) is 13.8. The van der Waals surface area contributed by atoms with Crippen LogP contribution in [-0.4, -0.2) is 15.1 Å². The van der Waals surface area contributed by atoms with Gasteiger partial charge in [0.1, 0.15) is 18.3 Å². The highest BCUT2D eigenvalue weighted by Crippen LogP contribution is 2.24. The summed E-state index contributed by atoms with van der Waals surface area (Å²) in [5.41, 5.74) is 8.23. The van der Waals surface area contributed by atoms with Crippen molar-refractivity contribution in [2.24, 2.45) is 10.7 Å². The summed E-state index contributed by atoms with van der Waals surface area (Å²) < 4.78 is 46.3. The predicted molar refractivity (Wildman–Crippen MR) is 103 cm³/mol. The summed E-state index contributed by atoms with van der Waals surface area (Å²) >= 11 is 0. The van der Waals surface area contributed by atoms with Crippen LogP contribution in [0.3, 0.4) is 0 Å². The smallest absolute Gasteiger partial charge is 0.262 e. The molecule has 28 heavy (non-hydrogen) atoms. The van der Waals surface area contributed by atoms with E-state index < -0.39 is 15.8 Å². The third-order valence-electron chi connectivity index (χ3n) is 4.44. The van der Waals surface area contributed by atoms with Crippen molar-refractivity contribution in [1.29, 1.82) is 0 Å². The highest BCUT2D eigenvalue weighted by molar-refractivity contribution is 7.92. The molecule has 4 rings (SSSR count). The van der Waals surface area contributed by atoms with Crippen molar-refractivity contribution in [3.63, 3.8) is 0 Å². The number of nitrogens with zero attached hydrogens (tertiary/aromatic N) is 2. The zero-order valence-corrected chi connectivity index (χ0v) is 15.7. The molecule has 0 radical (unpaired) electrons. The molecular weight excluding hydrogens is 383 g/mol. The van der Waals surface area contributed by atoms with Gasteiger partial charge in [0, 0.05) is 11.4 Å². The van der Waals surface area contributed by atoms with Crippen molar-refractivity contribution in [1.82, 2.24) is 0 Å². The fourth-order valence-corrected chi connectivity index (χ4v) is 4.29. The van der Waals surface area contributed by atoms with Crippen LogP contribution in [0.2, 0.25) is 0 Å². The average molecular weight is 400 g/mol. The zero-order valence-electron chi connectivity index (χ0n) is 14.9. The van der Waals surface area contributed by atoms with Crippen LogP contribution in [0.15, 0.2) is 69.1 Å². The number of hydrogen-bond donors (Lipinski definition) is 2. The minimum absolute atomic E-state index is 0.100. The van der Waals surface area contributed by atoms with Gasteiger partial charge in [0.25, 0.3) is 10.0 Å². The van der Waals surface area contributed by atoms with E-state index in [1.165, 1.54) is 18.4 Å². The Morgan fingerprint density at radius 2 is 1.93 bits per heavy atom. The number of fused-ring (bicyclic) bond motifs is 1. The number of hydrogen-bond acceptors (Lipinski definition) is 6. The summed E-state index contributed by atoms with van der Waals surface area (Å²) in [5.74, 6) is -0.109. The van der Waals surface area contributed by atoms with E-state index in [0.717, 1.165) is 11.8 Å². The number of nitrogens with two attached hydrogens (primary N) is 1. The number of anilines is 2. The highest BCUT2D eigenvalue weighted by Gasteiger charge is 2.19. The first-order chi connectivity index (χ1) is 13.3. The number of benzene rings is 2. The minimum Gasteiger partial charge on any atom is -0.446 e. The van der Waals surface area contributed by atoms with E-state index in [4.69, 9.17) is 10.2 Å². The average Bonchev–Trinajstić information content (AvgIpc) is 3.14. The van der Waals surface area contributed by atoms with Crippen LogP contribution < -0.4 is 26.1 Å². The Labute approximate surface area is 160 Å². The predicted octanol–water partition coefficient (Wildman–Crippen LogP) is 1.65. The standard InChI is InChI=1S/C19H17FN4O3S/c1-12-2-3-13(20)10-17(12)28(25,26)23-14-4-6-15(7-5-14)24-11-22-19-16(18(24)21)8-9-27-19/h2-10,23H,11,21H2,1H3. The molecule has 0 amide bonds. The number of rotatable bonds is 4. The van der Waals surface area contributed by atoms with Gasteiger partial charge in [-0.05, 0) is 55.0 Å².